The number of nitrogens with zero attached hydrogens (tertiary/aromatic N) is 1. The van der Waals surface area contributed by atoms with Gasteiger partial charge in [-0.1, -0.05) is 20.8 Å². The molecule has 0 spiro atoms. The van der Waals surface area contributed by atoms with E-state index in [1.54, 1.807) is 29.8 Å². The number of anilines is 1. The van der Waals surface area contributed by atoms with Gasteiger partial charge in [0.25, 0.3) is 0 Å². The number of thiophene rings is 1. The average molecular weight is 276 g/mol. The summed E-state index contributed by atoms with van der Waals surface area (Å²) in [4.78, 5) is 6.31. The first-order valence-electron chi connectivity index (χ1n) is 6.34. The summed E-state index contributed by atoms with van der Waals surface area (Å²) < 4.78 is 0. The molecule has 0 saturated carbocycles. The second-order valence-corrected chi connectivity index (χ2v) is 6.86. The van der Waals surface area contributed by atoms with Crippen molar-refractivity contribution in [2.45, 2.75) is 38.7 Å². The van der Waals surface area contributed by atoms with E-state index in [2.05, 4.69) is 31.8 Å². The predicted molar refractivity (Wildman–Crippen MR) is 80.3 cm³/mol. The van der Waals surface area contributed by atoms with Gasteiger partial charge in [-0.3, -0.25) is 4.98 Å². The van der Waals surface area contributed by atoms with Crippen LogP contribution in [0.2, 0.25) is 0 Å². The molecular formula is C15H20N2OS. The van der Waals surface area contributed by atoms with Crippen LogP contribution >= 0.6 is 11.3 Å². The molecule has 0 radical (unpaired) electrons. The maximum Gasteiger partial charge on any atom is 0.0923 e. The highest BCUT2D eigenvalue weighted by molar-refractivity contribution is 7.12. The highest BCUT2D eigenvalue weighted by Crippen LogP contribution is 2.33. The summed E-state index contributed by atoms with van der Waals surface area (Å²) in [5, 5.41) is 10.3. The number of aliphatic hydroxyl groups excluding tert-OH is 1. The first kappa shape index (κ1) is 14.0. The molecule has 2 heterocycles. The zero-order valence-electron chi connectivity index (χ0n) is 11.6. The number of hydrogen-bond acceptors (Lipinski definition) is 4. The van der Waals surface area contributed by atoms with E-state index in [-0.39, 0.29) is 5.41 Å². The van der Waals surface area contributed by atoms with Gasteiger partial charge in [-0.15, -0.1) is 11.3 Å². The topological polar surface area (TPSA) is 59.1 Å². The summed E-state index contributed by atoms with van der Waals surface area (Å²) >= 11 is 1.66. The number of nitrogen functional groups attached to an aromatic ring is 1. The first-order valence-corrected chi connectivity index (χ1v) is 7.16. The number of aliphatic hydroxyl groups is 1. The number of aromatic nitrogens is 1. The Bertz CT molecular complexity index is 557. The van der Waals surface area contributed by atoms with Crippen LogP contribution in [0.5, 0.6) is 0 Å². The van der Waals surface area contributed by atoms with Gasteiger partial charge in [0.05, 0.1) is 6.10 Å². The molecule has 2 aromatic heterocycles. The van der Waals surface area contributed by atoms with Crippen molar-refractivity contribution in [3.05, 3.63) is 45.9 Å². The largest absolute Gasteiger partial charge is 0.398 e. The van der Waals surface area contributed by atoms with Crippen LogP contribution in [0.1, 0.15) is 42.2 Å². The molecule has 2 aromatic rings. The van der Waals surface area contributed by atoms with Crippen LogP contribution in [0.15, 0.2) is 30.6 Å². The summed E-state index contributed by atoms with van der Waals surface area (Å²) in [5.74, 6) is 0. The lowest BCUT2D eigenvalue weighted by molar-refractivity contribution is 0.182. The molecule has 2 rings (SSSR count). The first-order chi connectivity index (χ1) is 8.88. The van der Waals surface area contributed by atoms with Gasteiger partial charge in [-0.05, 0) is 29.2 Å². The lowest BCUT2D eigenvalue weighted by Gasteiger charge is -2.16. The monoisotopic (exact) mass is 276 g/mol. The fraction of sp³-hybridized carbons (Fsp3) is 0.400. The number of nitrogens with two attached hydrogens (primary N) is 1. The van der Waals surface area contributed by atoms with Crippen LogP contribution in [0, 0.1) is 0 Å². The Morgan fingerprint density at radius 3 is 2.63 bits per heavy atom. The van der Waals surface area contributed by atoms with Crippen LogP contribution in [0.3, 0.4) is 0 Å². The van der Waals surface area contributed by atoms with Crippen molar-refractivity contribution in [2.75, 3.05) is 5.73 Å². The van der Waals surface area contributed by atoms with Crippen LogP contribution in [0.4, 0.5) is 5.69 Å². The maximum atomic E-state index is 10.3. The van der Waals surface area contributed by atoms with Gasteiger partial charge < -0.3 is 10.8 Å². The van der Waals surface area contributed by atoms with E-state index in [9.17, 15) is 5.11 Å². The van der Waals surface area contributed by atoms with Crippen LogP contribution in [0.25, 0.3) is 0 Å². The fourth-order valence-corrected chi connectivity index (χ4v) is 2.90. The molecule has 19 heavy (non-hydrogen) atoms. The smallest absolute Gasteiger partial charge is 0.0923 e. The summed E-state index contributed by atoms with van der Waals surface area (Å²) in [5.41, 5.74) is 7.57. The Labute approximate surface area is 118 Å². The molecule has 0 fully saturated rings. The van der Waals surface area contributed by atoms with Crippen LogP contribution in [-0.2, 0) is 11.8 Å². The molecule has 0 aromatic carbocycles. The van der Waals surface area contributed by atoms with E-state index in [1.165, 1.54) is 4.88 Å². The van der Waals surface area contributed by atoms with Crippen molar-refractivity contribution in [3.8, 4) is 0 Å². The van der Waals surface area contributed by atoms with Crippen molar-refractivity contribution < 1.29 is 5.11 Å². The summed E-state index contributed by atoms with van der Waals surface area (Å²) in [6.07, 6.45) is 3.36. The number of pyridine rings is 1. The van der Waals surface area contributed by atoms with Crippen LogP contribution < -0.4 is 5.73 Å². The molecule has 3 N–H and O–H groups in total. The zero-order chi connectivity index (χ0) is 14.0. The molecule has 0 saturated heterocycles. The minimum Gasteiger partial charge on any atom is -0.398 e. The van der Waals surface area contributed by atoms with E-state index >= 15 is 0 Å². The second-order valence-electron chi connectivity index (χ2n) is 5.75. The highest BCUT2D eigenvalue weighted by Gasteiger charge is 2.19. The minimum absolute atomic E-state index is 0.121. The average Bonchev–Trinajstić information content (AvgIpc) is 2.81. The Balaban J connectivity index is 2.15. The van der Waals surface area contributed by atoms with E-state index in [0.717, 1.165) is 10.4 Å². The van der Waals surface area contributed by atoms with Gasteiger partial charge in [0, 0.05) is 34.3 Å². The van der Waals surface area contributed by atoms with Crippen molar-refractivity contribution in [1.29, 1.82) is 0 Å². The van der Waals surface area contributed by atoms with Crippen molar-refractivity contribution in [2.24, 2.45) is 0 Å². The molecule has 0 bridgehead atoms. The maximum absolute atomic E-state index is 10.3. The Morgan fingerprint density at radius 2 is 2.05 bits per heavy atom. The molecular weight excluding hydrogens is 256 g/mol. The van der Waals surface area contributed by atoms with Crippen molar-refractivity contribution >= 4 is 17.0 Å². The lowest BCUT2D eigenvalue weighted by atomic mass is 9.95. The lowest BCUT2D eigenvalue weighted by Crippen LogP contribution is -2.08. The quantitative estimate of drug-likeness (QED) is 0.904. The zero-order valence-corrected chi connectivity index (χ0v) is 12.4. The predicted octanol–water partition coefficient (Wildman–Crippen LogP) is 3.30. The summed E-state index contributed by atoms with van der Waals surface area (Å²) in [7, 11) is 0. The summed E-state index contributed by atoms with van der Waals surface area (Å²) in [6.45, 7) is 6.52. The van der Waals surface area contributed by atoms with Gasteiger partial charge in [0.15, 0.2) is 0 Å². The van der Waals surface area contributed by atoms with E-state index in [0.29, 0.717) is 12.1 Å². The Morgan fingerprint density at radius 1 is 1.32 bits per heavy atom. The molecule has 1 unspecified atom stereocenters. The van der Waals surface area contributed by atoms with Gasteiger partial charge in [0.1, 0.15) is 0 Å². The molecule has 4 heteroatoms. The highest BCUT2D eigenvalue weighted by atomic mass is 32.1. The van der Waals surface area contributed by atoms with Crippen LogP contribution in [-0.4, -0.2) is 10.1 Å². The third-order valence-corrected chi connectivity index (χ3v) is 4.66. The van der Waals surface area contributed by atoms with Gasteiger partial charge >= 0.3 is 0 Å². The van der Waals surface area contributed by atoms with E-state index < -0.39 is 6.10 Å². The van der Waals surface area contributed by atoms with Gasteiger partial charge in [0.2, 0.25) is 0 Å². The third kappa shape index (κ3) is 3.33. The van der Waals surface area contributed by atoms with Crippen molar-refractivity contribution in [3.63, 3.8) is 0 Å². The molecule has 102 valence electrons. The molecule has 1 atom stereocenters. The number of hydrogen-bond donors (Lipinski definition) is 2. The molecule has 3 nitrogen and oxygen atoms in total. The molecule has 0 aliphatic carbocycles. The van der Waals surface area contributed by atoms with Gasteiger partial charge in [-0.25, -0.2) is 0 Å². The van der Waals surface area contributed by atoms with Gasteiger partial charge in [-0.2, -0.15) is 0 Å². The molecule has 0 aliphatic heterocycles. The molecule has 0 aliphatic rings. The summed E-state index contributed by atoms with van der Waals surface area (Å²) in [6, 6.07) is 5.86. The minimum atomic E-state index is -0.521. The number of rotatable bonds is 3. The Kier molecular flexibility index (Phi) is 3.92. The SMILES string of the molecule is CC(C)(C)c1ccc(C(O)Cc2cnccc2N)s1. The third-order valence-electron chi connectivity index (χ3n) is 3.05. The second kappa shape index (κ2) is 5.31. The fourth-order valence-electron chi connectivity index (χ4n) is 1.85. The normalized spacial score (nSPS) is 13.5. The molecule has 0 amide bonds. The standard InChI is InChI=1S/C15H20N2OS/c1-15(2,3)14-5-4-13(19-14)12(18)8-10-9-17-7-6-11(10)16/h4-7,9,12,18H,8H2,1-3H3,(H2,16,17). The van der Waals surface area contributed by atoms with Crippen molar-refractivity contribution in [1.82, 2.24) is 4.98 Å². The van der Waals surface area contributed by atoms with E-state index in [4.69, 9.17) is 5.73 Å². The Hall–Kier alpha value is -1.39. The van der Waals surface area contributed by atoms with E-state index in [1.807, 2.05) is 6.07 Å².